The maximum Gasteiger partial charge on any atom is 0.255 e. The number of carbonyl (C=O) groups excluding carboxylic acids is 1. The zero-order valence-corrected chi connectivity index (χ0v) is 16.1. The molecule has 1 unspecified atom stereocenters. The van der Waals surface area contributed by atoms with Crippen LogP contribution in [0, 0.1) is 5.82 Å². The van der Waals surface area contributed by atoms with E-state index in [1.807, 2.05) is 6.92 Å². The molecule has 0 aliphatic heterocycles. The maximum atomic E-state index is 13.8. The number of nitrogens with one attached hydrogen (secondary N) is 2. The summed E-state index contributed by atoms with van der Waals surface area (Å²) in [6.45, 7) is 3.65. The number of anilines is 1. The van der Waals surface area contributed by atoms with Crippen molar-refractivity contribution in [3.8, 4) is 0 Å². The third kappa shape index (κ3) is 5.10. The van der Waals surface area contributed by atoms with Crippen LogP contribution in [0.25, 0.3) is 0 Å². The van der Waals surface area contributed by atoms with Gasteiger partial charge < -0.3 is 5.32 Å². The van der Waals surface area contributed by atoms with Crippen molar-refractivity contribution in [3.05, 3.63) is 58.3 Å². The van der Waals surface area contributed by atoms with E-state index in [1.165, 1.54) is 36.4 Å². The van der Waals surface area contributed by atoms with Crippen LogP contribution in [-0.2, 0) is 10.0 Å². The fourth-order valence-corrected chi connectivity index (χ4v) is 3.65. The first-order chi connectivity index (χ1) is 11.7. The fourth-order valence-electron chi connectivity index (χ4n) is 1.99. The van der Waals surface area contributed by atoms with Gasteiger partial charge in [0.15, 0.2) is 0 Å². The lowest BCUT2D eigenvalue weighted by Gasteiger charge is -2.12. The molecule has 0 spiro atoms. The average Bonchev–Trinajstić information content (AvgIpc) is 2.57. The Morgan fingerprint density at radius 3 is 2.40 bits per heavy atom. The quantitative estimate of drug-likeness (QED) is 0.731. The van der Waals surface area contributed by atoms with Gasteiger partial charge in [0, 0.05) is 16.1 Å². The number of hydrogen-bond acceptors (Lipinski definition) is 3. The standard InChI is InChI=1S/C17H18BrFN2O3S/c1-3-11(2)21-25(23,24)14-7-4-12(5-8-14)17(22)20-16-9-6-13(18)10-15(16)19/h4-11,21H,3H2,1-2H3,(H,20,22). The van der Waals surface area contributed by atoms with Gasteiger partial charge in [-0.25, -0.2) is 17.5 Å². The first kappa shape index (κ1) is 19.6. The molecule has 134 valence electrons. The predicted octanol–water partition coefficient (Wildman–Crippen LogP) is 3.92. The molecule has 0 radical (unpaired) electrons. The SMILES string of the molecule is CCC(C)NS(=O)(=O)c1ccc(C(=O)Nc2ccc(Br)cc2F)cc1. The molecule has 25 heavy (non-hydrogen) atoms. The summed E-state index contributed by atoms with van der Waals surface area (Å²) in [6, 6.07) is 9.56. The zero-order valence-electron chi connectivity index (χ0n) is 13.7. The van der Waals surface area contributed by atoms with Gasteiger partial charge in [-0.05, 0) is 55.8 Å². The van der Waals surface area contributed by atoms with Gasteiger partial charge in [0.2, 0.25) is 10.0 Å². The number of benzene rings is 2. The zero-order chi connectivity index (χ0) is 18.6. The van der Waals surface area contributed by atoms with E-state index in [2.05, 4.69) is 26.0 Å². The first-order valence-corrected chi connectivity index (χ1v) is 9.89. The summed E-state index contributed by atoms with van der Waals surface area (Å²) < 4.78 is 41.2. The van der Waals surface area contributed by atoms with E-state index in [-0.39, 0.29) is 22.2 Å². The highest BCUT2D eigenvalue weighted by atomic mass is 79.9. The summed E-state index contributed by atoms with van der Waals surface area (Å²) >= 11 is 3.14. The van der Waals surface area contributed by atoms with Crippen LogP contribution in [0.2, 0.25) is 0 Å². The maximum absolute atomic E-state index is 13.8. The molecule has 0 fully saturated rings. The van der Waals surface area contributed by atoms with Crippen LogP contribution in [0.4, 0.5) is 10.1 Å². The number of hydrogen-bond donors (Lipinski definition) is 2. The van der Waals surface area contributed by atoms with Crippen molar-refractivity contribution in [3.63, 3.8) is 0 Å². The van der Waals surface area contributed by atoms with Crippen LogP contribution in [0.3, 0.4) is 0 Å². The number of amides is 1. The van der Waals surface area contributed by atoms with Crippen molar-refractivity contribution in [1.29, 1.82) is 0 Å². The monoisotopic (exact) mass is 428 g/mol. The Hall–Kier alpha value is -1.77. The second-order valence-corrected chi connectivity index (χ2v) is 8.16. The van der Waals surface area contributed by atoms with Crippen LogP contribution >= 0.6 is 15.9 Å². The van der Waals surface area contributed by atoms with E-state index in [9.17, 15) is 17.6 Å². The lowest BCUT2D eigenvalue weighted by Crippen LogP contribution is -2.32. The minimum absolute atomic E-state index is 0.0448. The van der Waals surface area contributed by atoms with E-state index in [0.717, 1.165) is 0 Å². The molecule has 0 aliphatic rings. The highest BCUT2D eigenvalue weighted by Gasteiger charge is 2.17. The molecule has 1 atom stereocenters. The Labute approximate surface area is 154 Å². The lowest BCUT2D eigenvalue weighted by atomic mass is 10.2. The van der Waals surface area contributed by atoms with Gasteiger partial charge in [-0.1, -0.05) is 22.9 Å². The van der Waals surface area contributed by atoms with Crippen molar-refractivity contribution < 1.29 is 17.6 Å². The minimum atomic E-state index is -3.63. The summed E-state index contributed by atoms with van der Waals surface area (Å²) in [5, 5.41) is 2.45. The Bertz CT molecular complexity index is 870. The number of rotatable bonds is 6. The molecule has 2 aromatic rings. The van der Waals surface area contributed by atoms with Gasteiger partial charge in [-0.3, -0.25) is 4.79 Å². The molecule has 0 aliphatic carbocycles. The molecule has 2 N–H and O–H groups in total. The predicted molar refractivity (Wildman–Crippen MR) is 98.6 cm³/mol. The van der Waals surface area contributed by atoms with Crippen molar-refractivity contribution in [2.75, 3.05) is 5.32 Å². The van der Waals surface area contributed by atoms with Crippen LogP contribution in [0.1, 0.15) is 30.6 Å². The Balaban J connectivity index is 2.15. The molecule has 5 nitrogen and oxygen atoms in total. The molecule has 8 heteroatoms. The summed E-state index contributed by atoms with van der Waals surface area (Å²) in [5.74, 6) is -1.10. The summed E-state index contributed by atoms with van der Waals surface area (Å²) in [6.07, 6.45) is 0.665. The average molecular weight is 429 g/mol. The van der Waals surface area contributed by atoms with Gasteiger partial charge in [0.25, 0.3) is 5.91 Å². The van der Waals surface area contributed by atoms with E-state index < -0.39 is 21.7 Å². The summed E-state index contributed by atoms with van der Waals surface area (Å²) in [7, 11) is -3.63. The topological polar surface area (TPSA) is 75.3 Å². The van der Waals surface area contributed by atoms with Crippen molar-refractivity contribution in [1.82, 2.24) is 4.72 Å². The van der Waals surface area contributed by atoms with Crippen LogP contribution in [-0.4, -0.2) is 20.4 Å². The third-order valence-electron chi connectivity index (χ3n) is 3.57. The molecular weight excluding hydrogens is 411 g/mol. The van der Waals surface area contributed by atoms with Crippen LogP contribution in [0.15, 0.2) is 51.8 Å². The lowest BCUT2D eigenvalue weighted by molar-refractivity contribution is 0.102. The molecule has 1 amide bonds. The van der Waals surface area contributed by atoms with E-state index in [4.69, 9.17) is 0 Å². The Morgan fingerprint density at radius 1 is 1.20 bits per heavy atom. The summed E-state index contributed by atoms with van der Waals surface area (Å²) in [4.78, 5) is 12.3. The van der Waals surface area contributed by atoms with Crippen molar-refractivity contribution in [2.45, 2.75) is 31.2 Å². The van der Waals surface area contributed by atoms with Gasteiger partial charge in [0.05, 0.1) is 10.6 Å². The molecular formula is C17H18BrFN2O3S. The first-order valence-electron chi connectivity index (χ1n) is 7.61. The molecule has 2 rings (SSSR count). The molecule has 0 saturated carbocycles. The van der Waals surface area contributed by atoms with Gasteiger partial charge in [-0.15, -0.1) is 0 Å². The van der Waals surface area contributed by atoms with Crippen LogP contribution < -0.4 is 10.0 Å². The molecule has 0 heterocycles. The van der Waals surface area contributed by atoms with Crippen LogP contribution in [0.5, 0.6) is 0 Å². The second kappa shape index (κ2) is 8.07. The second-order valence-electron chi connectivity index (χ2n) is 5.53. The third-order valence-corrected chi connectivity index (χ3v) is 5.67. The molecule has 0 bridgehead atoms. The smallest absolute Gasteiger partial charge is 0.255 e. The number of halogens is 2. The molecule has 2 aromatic carbocycles. The van der Waals surface area contributed by atoms with Gasteiger partial charge in [0.1, 0.15) is 5.82 Å². The van der Waals surface area contributed by atoms with E-state index in [0.29, 0.717) is 10.9 Å². The fraction of sp³-hybridized carbons (Fsp3) is 0.235. The Morgan fingerprint density at radius 2 is 1.84 bits per heavy atom. The van der Waals surface area contributed by atoms with Crippen molar-refractivity contribution in [2.24, 2.45) is 0 Å². The van der Waals surface area contributed by atoms with Crippen molar-refractivity contribution >= 4 is 37.5 Å². The van der Waals surface area contributed by atoms with Gasteiger partial charge >= 0.3 is 0 Å². The Kier molecular flexibility index (Phi) is 6.31. The normalized spacial score (nSPS) is 12.6. The van der Waals surface area contributed by atoms with Gasteiger partial charge in [-0.2, -0.15) is 0 Å². The highest BCUT2D eigenvalue weighted by molar-refractivity contribution is 9.10. The number of sulfonamides is 1. The molecule has 0 aromatic heterocycles. The number of carbonyl (C=O) groups is 1. The summed E-state index contributed by atoms with van der Waals surface area (Å²) in [5.41, 5.74) is 0.271. The van der Waals surface area contributed by atoms with E-state index >= 15 is 0 Å². The molecule has 0 saturated heterocycles. The largest absolute Gasteiger partial charge is 0.319 e. The minimum Gasteiger partial charge on any atom is -0.319 e. The highest BCUT2D eigenvalue weighted by Crippen LogP contribution is 2.20. The van der Waals surface area contributed by atoms with E-state index in [1.54, 1.807) is 13.0 Å².